The Hall–Kier alpha value is -4.27. The molecule has 210 valence electrons. The number of hydrogen-bond acceptors (Lipinski definition) is 5. The molecule has 0 saturated heterocycles. The number of carboxylic acid groups (broad SMARTS) is 1. The molecular formula is C31H28Cl2N4O4. The molecule has 1 atom stereocenters. The third kappa shape index (κ3) is 6.39. The molecule has 1 aromatic heterocycles. The van der Waals surface area contributed by atoms with Crippen molar-refractivity contribution in [1.29, 1.82) is 0 Å². The minimum Gasteiger partial charge on any atom is -0.497 e. The van der Waals surface area contributed by atoms with Crippen LogP contribution in [-0.2, 0) is 4.79 Å². The number of aromatic nitrogens is 2. The van der Waals surface area contributed by atoms with Gasteiger partial charge in [-0.15, -0.1) is 0 Å². The summed E-state index contributed by atoms with van der Waals surface area (Å²) in [5, 5.41) is 21.0. The highest BCUT2D eigenvalue weighted by atomic mass is 35.5. The fraction of sp³-hybridized carbons (Fsp3) is 0.194. The first-order valence-corrected chi connectivity index (χ1v) is 13.8. The van der Waals surface area contributed by atoms with E-state index >= 15 is 0 Å². The molecule has 41 heavy (non-hydrogen) atoms. The second-order valence-corrected chi connectivity index (χ2v) is 10.6. The lowest BCUT2D eigenvalue weighted by Crippen LogP contribution is -2.26. The van der Waals surface area contributed by atoms with Gasteiger partial charge in [0.25, 0.3) is 5.91 Å². The van der Waals surface area contributed by atoms with Crippen molar-refractivity contribution in [2.24, 2.45) is 0 Å². The molecule has 3 aromatic carbocycles. The summed E-state index contributed by atoms with van der Waals surface area (Å²) in [5.41, 5.74) is 6.94. The van der Waals surface area contributed by atoms with E-state index < -0.39 is 5.97 Å². The molecule has 0 fully saturated rings. The lowest BCUT2D eigenvalue weighted by Gasteiger charge is -2.22. The molecule has 0 saturated carbocycles. The number of nitrogens with zero attached hydrogens (tertiary/aromatic N) is 2. The summed E-state index contributed by atoms with van der Waals surface area (Å²) in [5.74, 6) is -0.500. The van der Waals surface area contributed by atoms with Crippen LogP contribution >= 0.6 is 23.2 Å². The van der Waals surface area contributed by atoms with Crippen molar-refractivity contribution in [2.45, 2.75) is 19.4 Å². The van der Waals surface area contributed by atoms with E-state index in [0.717, 1.165) is 45.1 Å². The molecule has 4 aromatic rings. The molecule has 0 spiro atoms. The van der Waals surface area contributed by atoms with E-state index in [9.17, 15) is 9.59 Å². The van der Waals surface area contributed by atoms with Crippen molar-refractivity contribution in [3.05, 3.63) is 99.2 Å². The number of carbonyl (C=O) groups is 2. The quantitative estimate of drug-likeness (QED) is 0.202. The van der Waals surface area contributed by atoms with Crippen molar-refractivity contribution in [3.8, 4) is 17.0 Å². The Balaban J connectivity index is 1.50. The van der Waals surface area contributed by atoms with E-state index in [1.54, 1.807) is 25.3 Å². The monoisotopic (exact) mass is 590 g/mol. The van der Waals surface area contributed by atoms with Crippen LogP contribution in [0.4, 0.5) is 5.69 Å². The average Bonchev–Trinajstić information content (AvgIpc) is 3.41. The molecule has 3 N–H and O–H groups in total. The van der Waals surface area contributed by atoms with Crippen LogP contribution in [0, 0.1) is 0 Å². The van der Waals surface area contributed by atoms with E-state index in [-0.39, 0.29) is 24.9 Å². The van der Waals surface area contributed by atoms with Crippen LogP contribution in [0.5, 0.6) is 5.75 Å². The number of carbonyl (C=O) groups excluding carboxylic acids is 1. The molecule has 2 heterocycles. The topological polar surface area (TPSA) is 105 Å². The maximum Gasteiger partial charge on any atom is 0.305 e. The van der Waals surface area contributed by atoms with E-state index in [1.165, 1.54) is 0 Å². The Labute approximate surface area is 247 Å². The lowest BCUT2D eigenvalue weighted by atomic mass is 10.00. The second-order valence-electron chi connectivity index (χ2n) is 9.69. The van der Waals surface area contributed by atoms with Gasteiger partial charge in [-0.05, 0) is 78.2 Å². The maximum atomic E-state index is 12.4. The number of nitrogens with one attached hydrogen (secondary N) is 2. The smallest absolute Gasteiger partial charge is 0.305 e. The normalized spacial score (nSPS) is 13.0. The zero-order valence-corrected chi connectivity index (χ0v) is 24.0. The van der Waals surface area contributed by atoms with Crippen LogP contribution in [0.25, 0.3) is 22.9 Å². The van der Waals surface area contributed by atoms with Gasteiger partial charge in [0.2, 0.25) is 0 Å². The fourth-order valence-electron chi connectivity index (χ4n) is 4.75. The SMILES string of the molecule is COc1ccc2c(c1)NCC(c1cc(-c3cc(Cl)cc(Cl)c3)nn1[C@@H](C)c1ccc(C(=O)NCCC(=O)O)cc1)=C2. The largest absolute Gasteiger partial charge is 0.497 e. The number of amides is 1. The van der Waals surface area contributed by atoms with E-state index in [2.05, 4.69) is 16.7 Å². The first kappa shape index (κ1) is 28.3. The fourth-order valence-corrected chi connectivity index (χ4v) is 5.27. The van der Waals surface area contributed by atoms with Crippen molar-refractivity contribution in [2.75, 3.05) is 25.5 Å². The van der Waals surface area contributed by atoms with Gasteiger partial charge in [-0.2, -0.15) is 5.10 Å². The van der Waals surface area contributed by atoms with Crippen LogP contribution in [-0.4, -0.2) is 47.0 Å². The molecule has 8 nitrogen and oxygen atoms in total. The summed E-state index contributed by atoms with van der Waals surface area (Å²) in [6, 6.07) is 20.3. The van der Waals surface area contributed by atoms with Gasteiger partial charge in [0, 0.05) is 46.0 Å². The molecule has 1 amide bonds. The molecule has 1 aliphatic heterocycles. The van der Waals surface area contributed by atoms with Crippen molar-refractivity contribution < 1.29 is 19.4 Å². The number of benzene rings is 3. The van der Waals surface area contributed by atoms with Crippen LogP contribution < -0.4 is 15.4 Å². The highest BCUT2D eigenvalue weighted by molar-refractivity contribution is 6.35. The number of hydrogen-bond donors (Lipinski definition) is 3. The minimum atomic E-state index is -0.963. The number of fused-ring (bicyclic) bond motifs is 1. The summed E-state index contributed by atoms with van der Waals surface area (Å²) in [7, 11) is 1.65. The first-order chi connectivity index (χ1) is 19.7. The molecule has 5 rings (SSSR count). The van der Waals surface area contributed by atoms with Gasteiger partial charge in [-0.1, -0.05) is 35.3 Å². The summed E-state index contributed by atoms with van der Waals surface area (Å²) in [6.07, 6.45) is 2.01. The van der Waals surface area contributed by atoms with E-state index in [0.29, 0.717) is 22.2 Å². The zero-order valence-electron chi connectivity index (χ0n) is 22.4. The van der Waals surface area contributed by atoms with E-state index in [1.807, 2.05) is 60.1 Å². The van der Waals surface area contributed by atoms with Crippen molar-refractivity contribution in [1.82, 2.24) is 15.1 Å². The molecular weight excluding hydrogens is 563 g/mol. The summed E-state index contributed by atoms with van der Waals surface area (Å²) >= 11 is 12.6. The van der Waals surface area contributed by atoms with Crippen molar-refractivity contribution >= 4 is 52.4 Å². The second kappa shape index (κ2) is 12.1. The van der Waals surface area contributed by atoms with Crippen LogP contribution in [0.1, 0.15) is 46.6 Å². The number of ether oxygens (including phenoxy) is 1. The van der Waals surface area contributed by atoms with Crippen molar-refractivity contribution in [3.63, 3.8) is 0 Å². The molecule has 0 unspecified atom stereocenters. The lowest BCUT2D eigenvalue weighted by molar-refractivity contribution is -0.136. The van der Waals surface area contributed by atoms with Gasteiger partial charge in [0.1, 0.15) is 5.75 Å². The molecule has 0 aliphatic carbocycles. The minimum absolute atomic E-state index is 0.0678. The van der Waals surface area contributed by atoms with Gasteiger partial charge in [-0.25, -0.2) is 0 Å². The molecule has 1 aliphatic rings. The number of carboxylic acids is 1. The molecule has 0 bridgehead atoms. The van der Waals surface area contributed by atoms with Gasteiger partial charge in [0.05, 0.1) is 31.0 Å². The first-order valence-electron chi connectivity index (χ1n) is 13.0. The number of halogens is 2. The summed E-state index contributed by atoms with van der Waals surface area (Å²) in [6.45, 7) is 2.70. The summed E-state index contributed by atoms with van der Waals surface area (Å²) < 4.78 is 7.34. The van der Waals surface area contributed by atoms with E-state index in [4.69, 9.17) is 38.1 Å². The highest BCUT2D eigenvalue weighted by Crippen LogP contribution is 2.35. The Morgan fingerprint density at radius 1 is 1.07 bits per heavy atom. The Kier molecular flexibility index (Phi) is 8.33. The van der Waals surface area contributed by atoms with Crippen LogP contribution in [0.15, 0.2) is 66.7 Å². The zero-order chi connectivity index (χ0) is 29.1. The Bertz CT molecular complexity index is 1630. The van der Waals surface area contributed by atoms with Gasteiger partial charge < -0.3 is 20.5 Å². The van der Waals surface area contributed by atoms with Gasteiger partial charge in [0.15, 0.2) is 0 Å². The highest BCUT2D eigenvalue weighted by Gasteiger charge is 2.22. The molecule has 10 heteroatoms. The predicted octanol–water partition coefficient (Wildman–Crippen LogP) is 6.65. The van der Waals surface area contributed by atoms with Crippen LogP contribution in [0.3, 0.4) is 0 Å². The molecule has 0 radical (unpaired) electrons. The Morgan fingerprint density at radius 2 is 1.80 bits per heavy atom. The van der Waals surface area contributed by atoms with Gasteiger partial charge >= 0.3 is 5.97 Å². The number of methoxy groups -OCH3 is 1. The maximum absolute atomic E-state index is 12.4. The average molecular weight is 591 g/mol. The van der Waals surface area contributed by atoms with Gasteiger partial charge in [-0.3, -0.25) is 14.3 Å². The third-order valence-electron chi connectivity index (χ3n) is 6.93. The summed E-state index contributed by atoms with van der Waals surface area (Å²) in [4.78, 5) is 23.2. The Morgan fingerprint density at radius 3 is 2.49 bits per heavy atom. The van der Waals surface area contributed by atoms with Crippen LogP contribution in [0.2, 0.25) is 10.0 Å². The third-order valence-corrected chi connectivity index (χ3v) is 7.37. The number of anilines is 1. The predicted molar refractivity (Wildman–Crippen MR) is 162 cm³/mol. The number of rotatable bonds is 9. The number of aliphatic carboxylic acids is 1. The standard InChI is InChI=1S/C31H28Cl2N4O4/c1-18(19-3-5-20(6-4-19)31(40)34-10-9-30(38)39)37-29(16-28(36-37)22-12-24(32)14-25(33)13-22)23-11-21-7-8-26(41-2)15-27(21)35-17-23/h3-8,11-16,18,35H,9-10,17H2,1-2H3,(H,34,40)(H,38,39)/t18-/m0/s1.